The number of nitrogens with one attached hydrogen (secondary N) is 1. The first-order chi connectivity index (χ1) is 17.9. The van der Waals surface area contributed by atoms with E-state index >= 15 is 0 Å². The number of ketones is 1. The molecule has 12 heteroatoms. The average molecular weight is 543 g/mol. The number of fused-ring (bicyclic) bond motifs is 1. The van der Waals surface area contributed by atoms with E-state index in [-0.39, 0.29) is 35.9 Å². The van der Waals surface area contributed by atoms with Gasteiger partial charge in [0.15, 0.2) is 0 Å². The normalized spacial score (nSPS) is 15.0. The lowest BCUT2D eigenvalue weighted by atomic mass is 10.0. The number of halogens is 2. The Morgan fingerprint density at radius 1 is 1.24 bits per heavy atom. The summed E-state index contributed by atoms with van der Waals surface area (Å²) in [6.45, 7) is 1.87. The van der Waals surface area contributed by atoms with Crippen LogP contribution in [0.4, 0.5) is 31.5 Å². The van der Waals surface area contributed by atoms with Crippen molar-refractivity contribution in [3.05, 3.63) is 47.5 Å². The van der Waals surface area contributed by atoms with Crippen LogP contribution in [0.1, 0.15) is 29.9 Å². The fourth-order valence-corrected chi connectivity index (χ4v) is 5.07. The molecule has 0 atom stereocenters. The zero-order chi connectivity index (χ0) is 27.4. The van der Waals surface area contributed by atoms with Crippen LogP contribution in [0.5, 0.6) is 0 Å². The number of nitrogens with zero attached hydrogens (tertiary/aromatic N) is 5. The van der Waals surface area contributed by atoms with Gasteiger partial charge in [-0.3, -0.25) is 18.8 Å². The number of pyridine rings is 1. The molecule has 3 heterocycles. The van der Waals surface area contributed by atoms with Gasteiger partial charge in [-0.15, -0.1) is 0 Å². The van der Waals surface area contributed by atoms with Gasteiger partial charge >= 0.3 is 0 Å². The molecule has 0 spiro atoms. The molecule has 0 amide bonds. The molecule has 1 aliphatic carbocycles. The number of aryl methyl sites for hydroxylation is 2. The van der Waals surface area contributed by atoms with E-state index in [2.05, 4.69) is 20.4 Å². The van der Waals surface area contributed by atoms with E-state index in [9.17, 15) is 22.0 Å². The molecule has 1 N–H and O–H groups in total. The number of benzene rings is 1. The smallest absolute Gasteiger partial charge is 0.277 e. The van der Waals surface area contributed by atoms with Crippen LogP contribution in [0.3, 0.4) is 0 Å². The summed E-state index contributed by atoms with van der Waals surface area (Å²) in [5.41, 5.74) is 4.37. The first kappa shape index (κ1) is 26.0. The van der Waals surface area contributed by atoms with Crippen molar-refractivity contribution >= 4 is 44.3 Å². The minimum Gasteiger partial charge on any atom is -0.352 e. The lowest BCUT2D eigenvalue weighted by Gasteiger charge is -2.22. The lowest BCUT2D eigenvalue weighted by molar-refractivity contribution is -0.119. The van der Waals surface area contributed by atoms with Crippen molar-refractivity contribution in [3.63, 3.8) is 0 Å². The summed E-state index contributed by atoms with van der Waals surface area (Å²) in [6, 6.07) is 6.94. The van der Waals surface area contributed by atoms with Crippen molar-refractivity contribution in [1.82, 2.24) is 14.8 Å². The number of aromatic nitrogens is 3. The summed E-state index contributed by atoms with van der Waals surface area (Å²) in [4.78, 5) is 21.1. The molecule has 0 bridgehead atoms. The fraction of sp³-hybridized carbons (Fsp3) is 0.385. The number of anilines is 3. The number of hydrogen-bond acceptors (Lipinski definition) is 7. The Labute approximate surface area is 219 Å². The summed E-state index contributed by atoms with van der Waals surface area (Å²) in [5.74, 6) is 0.109. The zero-order valence-corrected chi connectivity index (χ0v) is 22.3. The molecule has 9 nitrogen and oxygen atoms in total. The maximum atomic E-state index is 13.5. The van der Waals surface area contributed by atoms with E-state index in [4.69, 9.17) is 0 Å². The molecule has 0 radical (unpaired) electrons. The Hall–Kier alpha value is -3.67. The molecule has 0 saturated heterocycles. The predicted molar refractivity (Wildman–Crippen MR) is 142 cm³/mol. The largest absolute Gasteiger partial charge is 0.352 e. The van der Waals surface area contributed by atoms with E-state index in [1.807, 2.05) is 19.2 Å². The molecule has 1 aromatic carbocycles. The number of alkyl halides is 2. The molecule has 3 aromatic rings. The summed E-state index contributed by atoms with van der Waals surface area (Å²) in [7, 11) is -0.395. The molecule has 1 fully saturated rings. The van der Waals surface area contributed by atoms with Crippen molar-refractivity contribution in [2.45, 2.75) is 39.0 Å². The minimum absolute atomic E-state index is 0.0350. The van der Waals surface area contributed by atoms with Crippen molar-refractivity contribution in [3.8, 4) is 11.1 Å². The molecular formula is C26H28F2N6O3S. The van der Waals surface area contributed by atoms with Gasteiger partial charge in [0.05, 0.1) is 46.1 Å². The van der Waals surface area contributed by atoms with Gasteiger partial charge in [0.1, 0.15) is 11.5 Å². The molecular weight excluding hydrogens is 514 g/mol. The maximum Gasteiger partial charge on any atom is 0.277 e. The number of hydrogen-bond donors (Lipinski definition) is 1. The van der Waals surface area contributed by atoms with Crippen LogP contribution in [0, 0.1) is 12.8 Å². The second kappa shape index (κ2) is 9.57. The molecule has 2 aliphatic rings. The second-order valence-electron chi connectivity index (χ2n) is 9.84. The highest BCUT2D eigenvalue weighted by molar-refractivity contribution is 7.92. The molecule has 200 valence electrons. The Morgan fingerprint density at radius 3 is 2.58 bits per heavy atom. The average Bonchev–Trinajstić information content (AvgIpc) is 3.51. The van der Waals surface area contributed by atoms with Crippen LogP contribution < -0.4 is 9.62 Å². The van der Waals surface area contributed by atoms with Gasteiger partial charge in [0, 0.05) is 44.6 Å². The van der Waals surface area contributed by atoms with E-state index in [1.54, 1.807) is 29.9 Å². The van der Waals surface area contributed by atoms with Crippen molar-refractivity contribution in [2.75, 3.05) is 22.9 Å². The van der Waals surface area contributed by atoms with Crippen molar-refractivity contribution < 1.29 is 22.0 Å². The van der Waals surface area contributed by atoms with Gasteiger partial charge in [0.25, 0.3) is 6.43 Å². The van der Waals surface area contributed by atoms with Gasteiger partial charge in [-0.05, 0) is 43.5 Å². The van der Waals surface area contributed by atoms with E-state index in [0.717, 1.165) is 40.2 Å². The molecule has 5 rings (SSSR count). The Kier molecular flexibility index (Phi) is 6.54. The quantitative estimate of drug-likeness (QED) is 0.431. The third-order valence-electron chi connectivity index (χ3n) is 6.79. The van der Waals surface area contributed by atoms with Crippen LogP contribution in [0.15, 0.2) is 35.5 Å². The van der Waals surface area contributed by atoms with Crippen LogP contribution in [0.2, 0.25) is 0 Å². The van der Waals surface area contributed by atoms with Crippen LogP contribution in [0.25, 0.3) is 11.1 Å². The van der Waals surface area contributed by atoms with Crippen molar-refractivity contribution in [2.24, 2.45) is 18.0 Å². The topological polar surface area (TPSA) is 110 Å². The predicted octanol–water partition coefficient (Wildman–Crippen LogP) is 4.35. The standard InChI is InChI=1S/C26H28F2N6O3S/c1-14-18(13-33(2)32-14)16-7-8-19(23(9-16)34(3)38(4,36)37)30-20-10-17(11-24(35)15-5-6-15)29-21-12-22(26(27)28)31-25(20)21/h7-10,13,15,26H,5-6,11-12H2,1-4H3,(H,29,30). The van der Waals surface area contributed by atoms with Crippen LogP contribution in [-0.2, 0) is 34.7 Å². The number of carbonyl (C=O) groups is 1. The van der Waals surface area contributed by atoms with Gasteiger partial charge < -0.3 is 5.32 Å². The third kappa shape index (κ3) is 5.17. The summed E-state index contributed by atoms with van der Waals surface area (Å²) in [5, 5.41) is 7.58. The Balaban J connectivity index is 1.59. The molecule has 2 aromatic heterocycles. The van der Waals surface area contributed by atoms with Crippen molar-refractivity contribution in [1.29, 1.82) is 0 Å². The second-order valence-corrected chi connectivity index (χ2v) is 11.9. The van der Waals surface area contributed by atoms with Gasteiger partial charge in [-0.2, -0.15) is 5.10 Å². The highest BCUT2D eigenvalue weighted by atomic mass is 32.2. The molecule has 0 unspecified atom stereocenters. The molecule has 1 saturated carbocycles. The zero-order valence-electron chi connectivity index (χ0n) is 21.5. The van der Waals surface area contributed by atoms with E-state index < -0.39 is 16.4 Å². The minimum atomic E-state index is -3.64. The third-order valence-corrected chi connectivity index (χ3v) is 7.98. The molecule has 1 aliphatic heterocycles. The number of rotatable bonds is 9. The van der Waals surface area contributed by atoms with E-state index in [1.165, 1.54) is 7.05 Å². The summed E-state index contributed by atoms with van der Waals surface area (Å²) in [6.07, 6.45) is 1.93. The van der Waals surface area contributed by atoms with Crippen LogP contribution in [-0.4, -0.2) is 54.4 Å². The van der Waals surface area contributed by atoms with Crippen LogP contribution >= 0.6 is 0 Å². The first-order valence-electron chi connectivity index (χ1n) is 12.2. The SMILES string of the molecule is Cc1nn(C)cc1-c1ccc(Nc2cc(CC(=O)C3CC3)nc3c2N=C(C(F)F)C3)c(N(C)S(C)(=O)=O)c1. The summed E-state index contributed by atoms with van der Waals surface area (Å²) >= 11 is 0. The van der Waals surface area contributed by atoms with Gasteiger partial charge in [0.2, 0.25) is 10.0 Å². The first-order valence-corrected chi connectivity index (χ1v) is 14.0. The fourth-order valence-electron chi connectivity index (χ4n) is 4.56. The van der Waals surface area contributed by atoms with E-state index in [0.29, 0.717) is 28.5 Å². The monoisotopic (exact) mass is 542 g/mol. The van der Waals surface area contributed by atoms with Gasteiger partial charge in [-0.25, -0.2) is 22.2 Å². The number of aliphatic imine (C=N–C) groups is 1. The summed E-state index contributed by atoms with van der Waals surface area (Å²) < 4.78 is 54.9. The molecule has 38 heavy (non-hydrogen) atoms. The number of carbonyl (C=O) groups excluding carboxylic acids is 1. The Morgan fingerprint density at radius 2 is 1.97 bits per heavy atom. The highest BCUT2D eigenvalue weighted by Gasteiger charge is 2.31. The van der Waals surface area contributed by atoms with Gasteiger partial charge in [-0.1, -0.05) is 6.07 Å². The lowest BCUT2D eigenvalue weighted by Crippen LogP contribution is -2.25. The number of Topliss-reactive ketones (excluding diaryl/α,β-unsaturated/α-hetero) is 1. The number of sulfonamides is 1. The maximum absolute atomic E-state index is 13.5. The highest BCUT2D eigenvalue weighted by Crippen LogP contribution is 2.41. The Bertz CT molecular complexity index is 1580.